The Hall–Kier alpha value is -0.910. The molecular weight excluding hydrogens is 177 g/mol. The van der Waals surface area contributed by atoms with E-state index in [0.717, 1.165) is 7.11 Å². The lowest BCUT2D eigenvalue weighted by atomic mass is 10.8. The Balaban J connectivity index is 4.82. The summed E-state index contributed by atoms with van der Waals surface area (Å²) in [5.74, 6) is -1.81. The number of carbonyl (C=O) groups is 1. The molecule has 0 aromatic heterocycles. The van der Waals surface area contributed by atoms with Crippen LogP contribution in [0.1, 0.15) is 0 Å². The Morgan fingerprint density at radius 2 is 2.09 bits per heavy atom. The fraction of sp³-hybridized carbons (Fsp3) is 0.333. The second-order valence-corrected chi connectivity index (χ2v) is 3.26. The minimum Gasteiger partial charge on any atom is -0.476 e. The van der Waals surface area contributed by atoms with Crippen LogP contribution in [0.5, 0.6) is 0 Å². The summed E-state index contributed by atoms with van der Waals surface area (Å²) in [6, 6.07) is 0. The number of aliphatic carboxylic acids is 1. The quantitative estimate of drug-likeness (QED) is 0.239. The van der Waals surface area contributed by atoms with E-state index >= 15 is 0 Å². The molecule has 0 aliphatic rings. The molecule has 0 aromatic rings. The van der Waals surface area contributed by atoms with Crippen molar-refractivity contribution in [2.75, 3.05) is 7.11 Å². The third-order valence-electron chi connectivity index (χ3n) is 0.801. The highest BCUT2D eigenvalue weighted by atomic mass is 31.2. The van der Waals surface area contributed by atoms with Crippen LogP contribution < -0.4 is 0 Å². The second kappa shape index (κ2) is 3.47. The Labute approximate surface area is 61.4 Å². The lowest BCUT2D eigenvalue weighted by Crippen LogP contribution is -2.14. The van der Waals surface area contributed by atoms with Gasteiger partial charge in [-0.05, 0) is 0 Å². The fourth-order valence-corrected chi connectivity index (χ4v) is 0.834. The molecule has 0 aliphatic carbocycles. The van der Waals surface area contributed by atoms with E-state index in [-0.39, 0.29) is 0 Å². The molecule has 0 aliphatic heterocycles. The lowest BCUT2D eigenvalue weighted by Gasteiger charge is -2.04. The van der Waals surface area contributed by atoms with Crippen molar-refractivity contribution in [3.05, 3.63) is 0 Å². The molecule has 0 bridgehead atoms. The van der Waals surface area contributed by atoms with E-state index < -0.39 is 19.0 Å². The topological polar surface area (TPSA) is 116 Å². The zero-order valence-electron chi connectivity index (χ0n) is 5.46. The van der Waals surface area contributed by atoms with E-state index in [2.05, 4.69) is 9.68 Å². The van der Waals surface area contributed by atoms with Crippen molar-refractivity contribution in [2.24, 2.45) is 5.16 Å². The van der Waals surface area contributed by atoms with E-state index in [1.807, 2.05) is 0 Å². The number of hydrogen-bond donors (Lipinski definition) is 3. The molecule has 0 saturated carbocycles. The van der Waals surface area contributed by atoms with Gasteiger partial charge in [0.1, 0.15) is 0 Å². The Bertz CT molecular complexity index is 234. The van der Waals surface area contributed by atoms with E-state index in [1.165, 1.54) is 0 Å². The largest absolute Gasteiger partial charge is 0.476 e. The maximum Gasteiger partial charge on any atom is 0.387 e. The molecule has 0 saturated heterocycles. The van der Waals surface area contributed by atoms with Gasteiger partial charge in [-0.3, -0.25) is 4.57 Å². The van der Waals surface area contributed by atoms with Crippen LogP contribution in [0.15, 0.2) is 5.16 Å². The van der Waals surface area contributed by atoms with Gasteiger partial charge in [0.15, 0.2) is 0 Å². The number of rotatable bonds is 3. The first-order chi connectivity index (χ1) is 4.95. The fourth-order valence-electron chi connectivity index (χ4n) is 0.307. The lowest BCUT2D eigenvalue weighted by molar-refractivity contribution is -0.129. The number of carboxylic acid groups (broad SMARTS) is 1. The number of hydrogen-bond acceptors (Lipinski definition) is 5. The van der Waals surface area contributed by atoms with Crippen LogP contribution in [-0.4, -0.2) is 33.7 Å². The zero-order valence-corrected chi connectivity index (χ0v) is 6.36. The molecule has 0 fully saturated rings. The molecule has 0 radical (unpaired) electrons. The Morgan fingerprint density at radius 1 is 1.64 bits per heavy atom. The summed E-state index contributed by atoms with van der Waals surface area (Å²) >= 11 is 0. The molecule has 1 unspecified atom stereocenters. The van der Waals surface area contributed by atoms with E-state index in [1.54, 1.807) is 0 Å². The summed E-state index contributed by atoms with van der Waals surface area (Å²) in [4.78, 5) is 18.6. The molecule has 8 heteroatoms. The van der Waals surface area contributed by atoms with Crippen molar-refractivity contribution in [2.45, 2.75) is 0 Å². The molecule has 7 nitrogen and oxygen atoms in total. The number of oxime groups is 1. The molecule has 0 heterocycles. The summed E-state index contributed by atoms with van der Waals surface area (Å²) in [5.41, 5.74) is -1.31. The third-order valence-corrected chi connectivity index (χ3v) is 2.11. The average molecular weight is 183 g/mol. The van der Waals surface area contributed by atoms with Crippen molar-refractivity contribution < 1.29 is 29.1 Å². The highest BCUT2D eigenvalue weighted by Gasteiger charge is 2.33. The van der Waals surface area contributed by atoms with Crippen LogP contribution >= 0.6 is 7.60 Å². The van der Waals surface area contributed by atoms with Crippen LogP contribution in [0.2, 0.25) is 0 Å². The van der Waals surface area contributed by atoms with Gasteiger partial charge < -0.3 is 19.7 Å². The van der Waals surface area contributed by atoms with E-state index in [4.69, 9.17) is 15.2 Å². The maximum atomic E-state index is 10.6. The van der Waals surface area contributed by atoms with Crippen molar-refractivity contribution >= 4 is 19.0 Å². The average Bonchev–Trinajstić information content (AvgIpc) is 1.88. The molecule has 0 aromatic carbocycles. The standard InChI is InChI=1S/C3H6NO6P/c1-10-11(8,9)2(4-7)3(5)6/h7H,1H3,(H,5,6)(H,8,9)/b4-2-. The Morgan fingerprint density at radius 3 is 2.18 bits per heavy atom. The first-order valence-corrected chi connectivity index (χ1v) is 3.88. The van der Waals surface area contributed by atoms with Crippen molar-refractivity contribution in [3.8, 4) is 0 Å². The number of carboxylic acids is 1. The first-order valence-electron chi connectivity index (χ1n) is 2.30. The molecule has 0 rings (SSSR count). The molecular formula is C3H6NO6P. The highest BCUT2D eigenvalue weighted by molar-refractivity contribution is 7.74. The van der Waals surface area contributed by atoms with Gasteiger partial charge in [0.25, 0.3) is 5.45 Å². The number of nitrogens with zero attached hydrogens (tertiary/aromatic N) is 1. The van der Waals surface area contributed by atoms with Gasteiger partial charge in [0, 0.05) is 7.11 Å². The van der Waals surface area contributed by atoms with Gasteiger partial charge in [-0.1, -0.05) is 5.16 Å². The van der Waals surface area contributed by atoms with Crippen LogP contribution in [0.4, 0.5) is 0 Å². The van der Waals surface area contributed by atoms with Gasteiger partial charge in [-0.15, -0.1) is 0 Å². The van der Waals surface area contributed by atoms with Crippen LogP contribution in [0, 0.1) is 0 Å². The molecule has 11 heavy (non-hydrogen) atoms. The van der Waals surface area contributed by atoms with Gasteiger partial charge in [0.05, 0.1) is 0 Å². The normalized spacial score (nSPS) is 17.5. The maximum absolute atomic E-state index is 10.6. The zero-order chi connectivity index (χ0) is 9.07. The minimum atomic E-state index is -4.44. The first kappa shape index (κ1) is 10.1. The molecule has 64 valence electrons. The predicted octanol–water partition coefficient (Wildman–Crippen LogP) is -0.310. The smallest absolute Gasteiger partial charge is 0.387 e. The van der Waals surface area contributed by atoms with Gasteiger partial charge in [-0.2, -0.15) is 0 Å². The molecule has 0 amide bonds. The Kier molecular flexibility index (Phi) is 3.18. The summed E-state index contributed by atoms with van der Waals surface area (Å²) in [5, 5.41) is 18.2. The monoisotopic (exact) mass is 183 g/mol. The van der Waals surface area contributed by atoms with E-state index in [0.29, 0.717) is 0 Å². The van der Waals surface area contributed by atoms with Gasteiger partial charge >= 0.3 is 13.6 Å². The summed E-state index contributed by atoms with van der Waals surface area (Å²) in [6.07, 6.45) is 0. The second-order valence-electron chi connectivity index (χ2n) is 1.43. The summed E-state index contributed by atoms with van der Waals surface area (Å²) < 4.78 is 14.5. The minimum absolute atomic E-state index is 0.828. The molecule has 3 N–H and O–H groups in total. The summed E-state index contributed by atoms with van der Waals surface area (Å²) in [6.45, 7) is 0. The highest BCUT2D eigenvalue weighted by Crippen LogP contribution is 2.42. The van der Waals surface area contributed by atoms with Crippen LogP contribution in [-0.2, 0) is 13.9 Å². The van der Waals surface area contributed by atoms with Crippen molar-refractivity contribution in [1.82, 2.24) is 0 Å². The van der Waals surface area contributed by atoms with Crippen molar-refractivity contribution in [1.29, 1.82) is 0 Å². The molecule has 0 spiro atoms. The van der Waals surface area contributed by atoms with E-state index in [9.17, 15) is 9.36 Å². The SMILES string of the molecule is COP(=O)(O)/C(=N\O)C(=O)O. The van der Waals surface area contributed by atoms with Crippen molar-refractivity contribution in [3.63, 3.8) is 0 Å². The van der Waals surface area contributed by atoms with Gasteiger partial charge in [0.2, 0.25) is 0 Å². The predicted molar refractivity (Wildman–Crippen MR) is 33.7 cm³/mol. The summed E-state index contributed by atoms with van der Waals surface area (Å²) in [7, 11) is -3.61. The molecule has 1 atom stereocenters. The van der Waals surface area contributed by atoms with Crippen LogP contribution in [0.25, 0.3) is 0 Å². The van der Waals surface area contributed by atoms with Crippen LogP contribution in [0.3, 0.4) is 0 Å². The van der Waals surface area contributed by atoms with Gasteiger partial charge in [-0.25, -0.2) is 4.79 Å². The third kappa shape index (κ3) is 2.30.